The van der Waals surface area contributed by atoms with E-state index in [1.54, 1.807) is 27.0 Å². The van der Waals surface area contributed by atoms with Crippen LogP contribution in [0.25, 0.3) is 0 Å². The molecule has 0 N–H and O–H groups in total. The van der Waals surface area contributed by atoms with Crippen LogP contribution >= 0.6 is 0 Å². The Morgan fingerprint density at radius 2 is 1.67 bits per heavy atom. The van der Waals surface area contributed by atoms with E-state index in [-0.39, 0.29) is 11.2 Å². The molecule has 0 radical (unpaired) electrons. The van der Waals surface area contributed by atoms with Crippen LogP contribution in [0.2, 0.25) is 0 Å². The smallest absolute Gasteiger partial charge is 0.160 e. The van der Waals surface area contributed by atoms with Gasteiger partial charge in [-0.1, -0.05) is 20.8 Å². The van der Waals surface area contributed by atoms with E-state index in [1.807, 2.05) is 12.1 Å². The molecule has 0 aliphatic carbocycles. The molecule has 0 unspecified atom stereocenters. The first-order valence-corrected chi connectivity index (χ1v) is 7.76. The molecule has 0 atom stereocenters. The molecule has 0 fully saturated rings. The maximum Gasteiger partial charge on any atom is 0.160 e. The molecule has 0 aromatic carbocycles. The molecule has 0 saturated heterocycles. The lowest BCUT2D eigenvalue weighted by molar-refractivity contribution is 0.557. The molecule has 4 heteroatoms. The molecule has 1 aromatic heterocycles. The average molecular weight is 269 g/mol. The number of hydrogen-bond acceptors (Lipinski definition) is 3. The molecule has 0 spiro atoms. The van der Waals surface area contributed by atoms with E-state index >= 15 is 0 Å². The lowest BCUT2D eigenvalue weighted by Crippen LogP contribution is -2.29. The van der Waals surface area contributed by atoms with Gasteiger partial charge in [0.2, 0.25) is 0 Å². The lowest BCUT2D eigenvalue weighted by atomic mass is 9.87. The van der Waals surface area contributed by atoms with E-state index in [9.17, 15) is 8.42 Å². The number of sulfone groups is 1. The van der Waals surface area contributed by atoms with Crippen molar-refractivity contribution in [1.29, 1.82) is 0 Å². The molecule has 102 valence electrons. The van der Waals surface area contributed by atoms with Crippen molar-refractivity contribution in [1.82, 2.24) is 4.98 Å². The second-order valence-corrected chi connectivity index (χ2v) is 9.40. The van der Waals surface area contributed by atoms with Crippen molar-refractivity contribution in [3.63, 3.8) is 0 Å². The van der Waals surface area contributed by atoms with Crippen LogP contribution in [0, 0.1) is 0 Å². The molecule has 1 heterocycles. The standard InChI is InChI=1S/C14H23NO2S/c1-13(2,3)11-7-8-15-12(9-11)10-18(16,17)14(4,5)6/h7-9H,10H2,1-6H3. The summed E-state index contributed by atoms with van der Waals surface area (Å²) in [4.78, 5) is 4.17. The minimum absolute atomic E-state index is 0.000417. The van der Waals surface area contributed by atoms with Crippen molar-refractivity contribution < 1.29 is 8.42 Å². The van der Waals surface area contributed by atoms with Crippen LogP contribution in [0.5, 0.6) is 0 Å². The molecular formula is C14H23NO2S. The Morgan fingerprint density at radius 3 is 2.11 bits per heavy atom. The second kappa shape index (κ2) is 4.65. The van der Waals surface area contributed by atoms with Gasteiger partial charge in [0.25, 0.3) is 0 Å². The van der Waals surface area contributed by atoms with Gasteiger partial charge >= 0.3 is 0 Å². The summed E-state index contributed by atoms with van der Waals surface area (Å²) in [5.41, 5.74) is 1.73. The van der Waals surface area contributed by atoms with Crippen molar-refractivity contribution in [3.05, 3.63) is 29.6 Å². The third-order valence-corrected chi connectivity index (χ3v) is 5.50. The van der Waals surface area contributed by atoms with E-state index in [2.05, 4.69) is 25.8 Å². The minimum atomic E-state index is -3.18. The SMILES string of the molecule is CC(C)(C)c1ccnc(CS(=O)(=O)C(C)(C)C)c1. The van der Waals surface area contributed by atoms with Gasteiger partial charge in [0.1, 0.15) is 0 Å². The molecule has 1 aromatic rings. The van der Waals surface area contributed by atoms with E-state index in [1.165, 1.54) is 0 Å². The Labute approximate surface area is 111 Å². The number of hydrogen-bond donors (Lipinski definition) is 0. The summed E-state index contributed by atoms with van der Waals surface area (Å²) in [6, 6.07) is 3.83. The van der Waals surface area contributed by atoms with Gasteiger partial charge in [-0.05, 0) is 43.9 Å². The van der Waals surface area contributed by atoms with Crippen molar-refractivity contribution in [2.45, 2.75) is 57.5 Å². The van der Waals surface area contributed by atoms with Gasteiger partial charge < -0.3 is 0 Å². The molecule has 0 aliphatic rings. The Bertz CT molecular complexity index is 519. The first-order chi connectivity index (χ1) is 7.93. The fourth-order valence-corrected chi connectivity index (χ4v) is 2.42. The lowest BCUT2D eigenvalue weighted by Gasteiger charge is -2.21. The predicted molar refractivity (Wildman–Crippen MR) is 75.3 cm³/mol. The van der Waals surface area contributed by atoms with Crippen LogP contribution in [-0.4, -0.2) is 18.1 Å². The molecule has 1 rings (SSSR count). The first-order valence-electron chi connectivity index (χ1n) is 6.11. The van der Waals surface area contributed by atoms with Crippen LogP contribution in [0.1, 0.15) is 52.8 Å². The zero-order chi connectivity index (χ0) is 14.2. The van der Waals surface area contributed by atoms with E-state index in [0.717, 1.165) is 5.56 Å². The molecule has 18 heavy (non-hydrogen) atoms. The largest absolute Gasteiger partial charge is 0.260 e. The van der Waals surface area contributed by atoms with Crippen LogP contribution in [0.15, 0.2) is 18.3 Å². The quantitative estimate of drug-likeness (QED) is 0.829. The molecule has 0 bridgehead atoms. The summed E-state index contributed by atoms with van der Waals surface area (Å²) in [7, 11) is -3.18. The van der Waals surface area contributed by atoms with Crippen LogP contribution in [0.3, 0.4) is 0 Å². The Kier molecular flexibility index (Phi) is 3.92. The highest BCUT2D eigenvalue weighted by molar-refractivity contribution is 7.91. The summed E-state index contributed by atoms with van der Waals surface area (Å²) in [6.45, 7) is 11.5. The second-order valence-electron chi connectivity index (χ2n) is 6.66. The molecule has 0 amide bonds. The summed E-state index contributed by atoms with van der Waals surface area (Å²) in [6.07, 6.45) is 1.69. The van der Waals surface area contributed by atoms with Crippen molar-refractivity contribution in [3.8, 4) is 0 Å². The fourth-order valence-electron chi connectivity index (χ4n) is 1.43. The highest BCUT2D eigenvalue weighted by Gasteiger charge is 2.29. The molecule has 0 aliphatic heterocycles. The van der Waals surface area contributed by atoms with Gasteiger partial charge in [-0.25, -0.2) is 8.42 Å². The maximum absolute atomic E-state index is 12.1. The third-order valence-electron chi connectivity index (χ3n) is 2.95. The Morgan fingerprint density at radius 1 is 1.11 bits per heavy atom. The van der Waals surface area contributed by atoms with Crippen LogP contribution < -0.4 is 0 Å². The van der Waals surface area contributed by atoms with Gasteiger partial charge in [-0.15, -0.1) is 0 Å². The van der Waals surface area contributed by atoms with Gasteiger partial charge in [0, 0.05) is 6.20 Å². The van der Waals surface area contributed by atoms with Gasteiger partial charge in [-0.2, -0.15) is 0 Å². The molecular weight excluding hydrogens is 246 g/mol. The third kappa shape index (κ3) is 3.55. The Hall–Kier alpha value is -0.900. The van der Waals surface area contributed by atoms with Crippen LogP contribution in [-0.2, 0) is 21.0 Å². The van der Waals surface area contributed by atoms with Crippen molar-refractivity contribution in [2.75, 3.05) is 0 Å². The Balaban J connectivity index is 3.08. The highest BCUT2D eigenvalue weighted by atomic mass is 32.2. The van der Waals surface area contributed by atoms with E-state index < -0.39 is 14.6 Å². The monoisotopic (exact) mass is 269 g/mol. The average Bonchev–Trinajstić information content (AvgIpc) is 2.14. The number of pyridine rings is 1. The van der Waals surface area contributed by atoms with Gasteiger partial charge in [0.05, 0.1) is 16.2 Å². The molecule has 3 nitrogen and oxygen atoms in total. The summed E-state index contributed by atoms with van der Waals surface area (Å²) in [5, 5.41) is 0. The van der Waals surface area contributed by atoms with Crippen molar-refractivity contribution in [2.24, 2.45) is 0 Å². The maximum atomic E-state index is 12.1. The highest BCUT2D eigenvalue weighted by Crippen LogP contribution is 2.24. The molecule has 0 saturated carbocycles. The van der Waals surface area contributed by atoms with Gasteiger partial charge in [-0.3, -0.25) is 4.98 Å². The number of nitrogens with zero attached hydrogens (tertiary/aromatic N) is 1. The van der Waals surface area contributed by atoms with E-state index in [0.29, 0.717) is 5.69 Å². The summed E-state index contributed by atoms with van der Waals surface area (Å²) < 4.78 is 23.5. The zero-order valence-corrected chi connectivity index (χ0v) is 12.9. The summed E-state index contributed by atoms with van der Waals surface area (Å²) in [5.74, 6) is 0.000417. The first kappa shape index (κ1) is 15.2. The normalized spacial score (nSPS) is 13.7. The number of aromatic nitrogens is 1. The number of rotatable bonds is 2. The predicted octanol–water partition coefficient (Wildman–Crippen LogP) is 3.09. The topological polar surface area (TPSA) is 47.0 Å². The summed E-state index contributed by atoms with van der Waals surface area (Å²) >= 11 is 0. The zero-order valence-electron chi connectivity index (χ0n) is 12.1. The van der Waals surface area contributed by atoms with Gasteiger partial charge in [0.15, 0.2) is 9.84 Å². The fraction of sp³-hybridized carbons (Fsp3) is 0.643. The van der Waals surface area contributed by atoms with Crippen LogP contribution in [0.4, 0.5) is 0 Å². The van der Waals surface area contributed by atoms with E-state index in [4.69, 9.17) is 0 Å². The van der Waals surface area contributed by atoms with Crippen molar-refractivity contribution >= 4 is 9.84 Å². The minimum Gasteiger partial charge on any atom is -0.260 e.